The number of pyridine rings is 1. The van der Waals surface area contributed by atoms with Gasteiger partial charge in [-0.3, -0.25) is 4.79 Å². The van der Waals surface area contributed by atoms with Crippen molar-refractivity contribution in [1.29, 1.82) is 0 Å². The summed E-state index contributed by atoms with van der Waals surface area (Å²) < 4.78 is 5.25. The number of hydrogen-bond donors (Lipinski definition) is 1. The van der Waals surface area contributed by atoms with Gasteiger partial charge in [0, 0.05) is 25.4 Å². The average Bonchev–Trinajstić information content (AvgIpc) is 3.24. The Bertz CT molecular complexity index is 675. The molecule has 1 aliphatic heterocycles. The van der Waals surface area contributed by atoms with Crippen LogP contribution in [0.15, 0.2) is 28.9 Å². The van der Waals surface area contributed by atoms with Gasteiger partial charge in [0.25, 0.3) is 5.91 Å². The Morgan fingerprint density at radius 2 is 2.17 bits per heavy atom. The van der Waals surface area contributed by atoms with Crippen molar-refractivity contribution in [3.8, 4) is 0 Å². The SMILES string of the molecule is CC(C)c1cc(CNC(=O)c2cccnc2N2CCCC2)on1. The largest absolute Gasteiger partial charge is 0.359 e. The maximum Gasteiger partial charge on any atom is 0.255 e. The van der Waals surface area contributed by atoms with Crippen LogP contribution in [-0.2, 0) is 6.54 Å². The van der Waals surface area contributed by atoms with E-state index in [9.17, 15) is 4.79 Å². The van der Waals surface area contributed by atoms with E-state index in [1.807, 2.05) is 12.1 Å². The Morgan fingerprint density at radius 1 is 1.39 bits per heavy atom. The minimum absolute atomic E-state index is 0.137. The molecule has 2 aromatic rings. The van der Waals surface area contributed by atoms with Gasteiger partial charge in [-0.15, -0.1) is 0 Å². The van der Waals surface area contributed by atoms with E-state index in [1.165, 1.54) is 0 Å². The van der Waals surface area contributed by atoms with Crippen molar-refractivity contribution in [2.45, 2.75) is 39.2 Å². The molecule has 0 saturated carbocycles. The van der Waals surface area contributed by atoms with E-state index in [0.29, 0.717) is 23.8 Å². The van der Waals surface area contributed by atoms with Crippen LogP contribution < -0.4 is 10.2 Å². The third kappa shape index (κ3) is 3.52. The summed E-state index contributed by atoms with van der Waals surface area (Å²) in [5.74, 6) is 1.60. The number of hydrogen-bond acceptors (Lipinski definition) is 5. The Balaban J connectivity index is 1.68. The maximum atomic E-state index is 12.5. The van der Waals surface area contributed by atoms with E-state index >= 15 is 0 Å². The fourth-order valence-electron chi connectivity index (χ4n) is 2.70. The Morgan fingerprint density at radius 3 is 2.87 bits per heavy atom. The number of nitrogens with one attached hydrogen (secondary N) is 1. The van der Waals surface area contributed by atoms with Crippen molar-refractivity contribution < 1.29 is 9.32 Å². The Labute approximate surface area is 135 Å². The number of carbonyl (C=O) groups is 1. The van der Waals surface area contributed by atoms with Crippen LogP contribution in [0.25, 0.3) is 0 Å². The number of anilines is 1. The van der Waals surface area contributed by atoms with Crippen molar-refractivity contribution in [2.75, 3.05) is 18.0 Å². The van der Waals surface area contributed by atoms with Crippen molar-refractivity contribution in [3.63, 3.8) is 0 Å². The minimum Gasteiger partial charge on any atom is -0.359 e. The van der Waals surface area contributed by atoms with Crippen LogP contribution in [0, 0.1) is 0 Å². The van der Waals surface area contributed by atoms with Gasteiger partial charge in [-0.25, -0.2) is 4.98 Å². The zero-order valence-electron chi connectivity index (χ0n) is 13.6. The van der Waals surface area contributed by atoms with Gasteiger partial charge in [0.1, 0.15) is 5.82 Å². The second-order valence-electron chi connectivity index (χ2n) is 6.12. The zero-order chi connectivity index (χ0) is 16.2. The molecule has 0 atom stereocenters. The molecule has 0 aliphatic carbocycles. The van der Waals surface area contributed by atoms with E-state index in [4.69, 9.17) is 4.52 Å². The lowest BCUT2D eigenvalue weighted by Crippen LogP contribution is -2.27. The molecule has 0 spiro atoms. The fraction of sp³-hybridized carbons (Fsp3) is 0.471. The molecule has 1 fully saturated rings. The van der Waals surface area contributed by atoms with Crippen LogP contribution >= 0.6 is 0 Å². The quantitative estimate of drug-likeness (QED) is 0.919. The van der Waals surface area contributed by atoms with Crippen molar-refractivity contribution >= 4 is 11.7 Å². The van der Waals surface area contributed by atoms with Gasteiger partial charge >= 0.3 is 0 Å². The summed E-state index contributed by atoms with van der Waals surface area (Å²) >= 11 is 0. The molecule has 3 rings (SSSR count). The fourth-order valence-corrected chi connectivity index (χ4v) is 2.70. The summed E-state index contributed by atoms with van der Waals surface area (Å²) in [5.41, 5.74) is 1.51. The second kappa shape index (κ2) is 6.81. The molecule has 23 heavy (non-hydrogen) atoms. The predicted octanol–water partition coefficient (Wildman–Crippen LogP) is 2.72. The van der Waals surface area contributed by atoms with E-state index in [0.717, 1.165) is 37.4 Å². The average molecular weight is 314 g/mol. The lowest BCUT2D eigenvalue weighted by atomic mass is 10.1. The molecule has 2 aromatic heterocycles. The standard InChI is InChI=1S/C17H22N4O2/c1-12(2)15-10-13(23-20-15)11-19-17(22)14-6-5-7-18-16(14)21-8-3-4-9-21/h5-7,10,12H,3-4,8-9,11H2,1-2H3,(H,19,22). The molecule has 0 aromatic carbocycles. The van der Waals surface area contributed by atoms with Crippen molar-refractivity contribution in [3.05, 3.63) is 41.4 Å². The first-order chi connectivity index (χ1) is 11.1. The van der Waals surface area contributed by atoms with E-state index in [-0.39, 0.29) is 5.91 Å². The topological polar surface area (TPSA) is 71.3 Å². The summed E-state index contributed by atoms with van der Waals surface area (Å²) in [6.07, 6.45) is 4.02. The summed E-state index contributed by atoms with van der Waals surface area (Å²) in [7, 11) is 0. The Hall–Kier alpha value is -2.37. The molecular formula is C17H22N4O2. The highest BCUT2D eigenvalue weighted by molar-refractivity contribution is 5.98. The molecule has 1 aliphatic rings. The van der Waals surface area contributed by atoms with Gasteiger partial charge in [0.2, 0.25) is 0 Å². The van der Waals surface area contributed by atoms with Crippen LogP contribution in [0.4, 0.5) is 5.82 Å². The Kier molecular flexibility index (Phi) is 4.60. The number of amides is 1. The highest BCUT2D eigenvalue weighted by Gasteiger charge is 2.20. The molecule has 1 N–H and O–H groups in total. The normalized spacial score (nSPS) is 14.5. The van der Waals surface area contributed by atoms with Crippen LogP contribution in [-0.4, -0.2) is 29.1 Å². The summed E-state index contributed by atoms with van der Waals surface area (Å²) in [4.78, 5) is 19.1. The van der Waals surface area contributed by atoms with Gasteiger partial charge in [0.15, 0.2) is 5.76 Å². The van der Waals surface area contributed by atoms with Crippen LogP contribution in [0.1, 0.15) is 54.4 Å². The highest BCUT2D eigenvalue weighted by Crippen LogP contribution is 2.22. The highest BCUT2D eigenvalue weighted by atomic mass is 16.5. The molecule has 0 unspecified atom stereocenters. The molecule has 1 amide bonds. The van der Waals surface area contributed by atoms with Gasteiger partial charge in [-0.2, -0.15) is 0 Å². The summed E-state index contributed by atoms with van der Waals surface area (Å²) in [6.45, 7) is 6.34. The van der Waals surface area contributed by atoms with Gasteiger partial charge < -0.3 is 14.7 Å². The second-order valence-corrected chi connectivity index (χ2v) is 6.12. The molecule has 6 nitrogen and oxygen atoms in total. The smallest absolute Gasteiger partial charge is 0.255 e. The maximum absolute atomic E-state index is 12.5. The third-order valence-electron chi connectivity index (χ3n) is 4.03. The van der Waals surface area contributed by atoms with Gasteiger partial charge in [-0.05, 0) is 30.9 Å². The molecule has 3 heterocycles. The zero-order valence-corrected chi connectivity index (χ0v) is 13.6. The summed E-state index contributed by atoms with van der Waals surface area (Å²) in [5, 5.41) is 6.89. The molecule has 0 radical (unpaired) electrons. The van der Waals surface area contributed by atoms with E-state index in [2.05, 4.69) is 34.2 Å². The first-order valence-electron chi connectivity index (χ1n) is 8.09. The molecule has 6 heteroatoms. The molecule has 122 valence electrons. The van der Waals surface area contributed by atoms with Crippen LogP contribution in [0.3, 0.4) is 0 Å². The lowest BCUT2D eigenvalue weighted by Gasteiger charge is -2.19. The van der Waals surface area contributed by atoms with Crippen molar-refractivity contribution in [1.82, 2.24) is 15.5 Å². The monoisotopic (exact) mass is 314 g/mol. The molecular weight excluding hydrogens is 292 g/mol. The minimum atomic E-state index is -0.137. The van der Waals surface area contributed by atoms with Crippen molar-refractivity contribution in [2.24, 2.45) is 0 Å². The van der Waals surface area contributed by atoms with Gasteiger partial charge in [-0.1, -0.05) is 19.0 Å². The third-order valence-corrected chi connectivity index (χ3v) is 4.03. The first kappa shape index (κ1) is 15.5. The van der Waals surface area contributed by atoms with Crippen LogP contribution in [0.2, 0.25) is 0 Å². The number of nitrogens with zero attached hydrogens (tertiary/aromatic N) is 3. The van der Waals surface area contributed by atoms with E-state index < -0.39 is 0 Å². The number of aromatic nitrogens is 2. The lowest BCUT2D eigenvalue weighted by molar-refractivity contribution is 0.0947. The number of carbonyl (C=O) groups excluding carboxylic acids is 1. The van der Waals surface area contributed by atoms with E-state index in [1.54, 1.807) is 12.3 Å². The molecule has 1 saturated heterocycles. The predicted molar refractivity (Wildman–Crippen MR) is 87.4 cm³/mol. The van der Waals surface area contributed by atoms with Gasteiger partial charge in [0.05, 0.1) is 17.8 Å². The summed E-state index contributed by atoms with van der Waals surface area (Å²) in [6, 6.07) is 5.49. The van der Waals surface area contributed by atoms with Crippen LogP contribution in [0.5, 0.6) is 0 Å². The first-order valence-corrected chi connectivity index (χ1v) is 8.09. The molecule has 0 bridgehead atoms. The number of rotatable bonds is 5.